The third-order valence-corrected chi connectivity index (χ3v) is 6.06. The smallest absolute Gasteiger partial charge is 0.150 e. The first-order valence-corrected chi connectivity index (χ1v) is 8.15. The zero-order chi connectivity index (χ0) is 10.0. The molecule has 0 bridgehead atoms. The molecule has 0 spiro atoms. The molecule has 2 aliphatic heterocycles. The number of nitrogens with one attached hydrogen (secondary N) is 1. The Kier molecular flexibility index (Phi) is 3.39. The van der Waals surface area contributed by atoms with Gasteiger partial charge in [0.15, 0.2) is 9.84 Å². The summed E-state index contributed by atoms with van der Waals surface area (Å²) in [5, 5.41) is 3.44. The van der Waals surface area contributed by atoms with Crippen LogP contribution in [0.2, 0.25) is 0 Å². The van der Waals surface area contributed by atoms with Gasteiger partial charge in [0.1, 0.15) is 0 Å². The van der Waals surface area contributed by atoms with Crippen molar-refractivity contribution in [3.05, 3.63) is 0 Å². The van der Waals surface area contributed by atoms with Crippen LogP contribution in [-0.2, 0) is 9.84 Å². The van der Waals surface area contributed by atoms with Crippen LogP contribution in [0.4, 0.5) is 0 Å². The highest BCUT2D eigenvalue weighted by Crippen LogP contribution is 2.20. The molecule has 0 aromatic carbocycles. The van der Waals surface area contributed by atoms with E-state index in [-0.39, 0.29) is 0 Å². The van der Waals surface area contributed by atoms with Crippen molar-refractivity contribution in [2.24, 2.45) is 5.92 Å². The molecule has 1 unspecified atom stereocenters. The molecule has 2 heterocycles. The lowest BCUT2D eigenvalue weighted by atomic mass is 10.1. The zero-order valence-corrected chi connectivity index (χ0v) is 9.87. The standard InChI is InChI=1S/C9H17NO2S2/c11-14(12)3-1-2-8(7-14)4-10-9-5-13-6-9/h8-10H,1-7H2. The van der Waals surface area contributed by atoms with E-state index in [4.69, 9.17) is 0 Å². The van der Waals surface area contributed by atoms with Gasteiger partial charge in [0.2, 0.25) is 0 Å². The van der Waals surface area contributed by atoms with Gasteiger partial charge in [0.25, 0.3) is 0 Å². The van der Waals surface area contributed by atoms with Crippen LogP contribution >= 0.6 is 11.8 Å². The highest BCUT2D eigenvalue weighted by atomic mass is 32.2. The predicted octanol–water partition coefficient (Wildman–Crippen LogP) is 0.516. The molecule has 0 amide bonds. The fourth-order valence-electron chi connectivity index (χ4n) is 1.97. The first kappa shape index (κ1) is 10.8. The Morgan fingerprint density at radius 1 is 1.36 bits per heavy atom. The molecule has 1 atom stereocenters. The normalized spacial score (nSPS) is 32.4. The Bertz CT molecular complexity index is 285. The number of sulfone groups is 1. The first-order chi connectivity index (χ1) is 6.66. The number of thioether (sulfide) groups is 1. The van der Waals surface area contributed by atoms with Crippen LogP contribution in [0, 0.1) is 5.92 Å². The molecule has 0 radical (unpaired) electrons. The Morgan fingerprint density at radius 2 is 2.14 bits per heavy atom. The second-order valence-corrected chi connectivity index (χ2v) is 7.57. The lowest BCUT2D eigenvalue weighted by Crippen LogP contribution is -2.44. The van der Waals surface area contributed by atoms with Crippen molar-refractivity contribution >= 4 is 21.6 Å². The molecule has 2 rings (SSSR count). The van der Waals surface area contributed by atoms with E-state index in [1.54, 1.807) is 0 Å². The van der Waals surface area contributed by atoms with Crippen LogP contribution in [0.5, 0.6) is 0 Å². The zero-order valence-electron chi connectivity index (χ0n) is 8.24. The Morgan fingerprint density at radius 3 is 2.71 bits per heavy atom. The molecule has 14 heavy (non-hydrogen) atoms. The second-order valence-electron chi connectivity index (χ2n) is 4.27. The van der Waals surface area contributed by atoms with E-state index in [0.29, 0.717) is 23.5 Å². The molecule has 2 fully saturated rings. The lowest BCUT2D eigenvalue weighted by molar-refractivity contribution is 0.432. The van der Waals surface area contributed by atoms with Crippen molar-refractivity contribution in [1.29, 1.82) is 0 Å². The van der Waals surface area contributed by atoms with Crippen LogP contribution in [0.3, 0.4) is 0 Å². The summed E-state index contributed by atoms with van der Waals surface area (Å²) in [6.45, 7) is 0.893. The number of hydrogen-bond donors (Lipinski definition) is 1. The Balaban J connectivity index is 1.74. The Hall–Kier alpha value is 0.260. The lowest BCUT2D eigenvalue weighted by Gasteiger charge is -2.29. The molecule has 2 saturated heterocycles. The third-order valence-electron chi connectivity index (χ3n) is 2.89. The van der Waals surface area contributed by atoms with E-state index in [9.17, 15) is 8.42 Å². The molecule has 1 N–H and O–H groups in total. The van der Waals surface area contributed by atoms with Gasteiger partial charge in [0.05, 0.1) is 11.5 Å². The quantitative estimate of drug-likeness (QED) is 0.774. The maximum absolute atomic E-state index is 11.4. The summed E-state index contributed by atoms with van der Waals surface area (Å²) >= 11 is 1.95. The molecule has 0 aromatic rings. The van der Waals surface area contributed by atoms with Gasteiger partial charge in [0, 0.05) is 17.5 Å². The molecule has 0 saturated carbocycles. The minimum atomic E-state index is -2.71. The van der Waals surface area contributed by atoms with Crippen molar-refractivity contribution in [3.63, 3.8) is 0 Å². The molecular formula is C9H17NO2S2. The van der Waals surface area contributed by atoms with E-state index in [1.165, 1.54) is 11.5 Å². The summed E-state index contributed by atoms with van der Waals surface area (Å²) < 4.78 is 22.7. The average molecular weight is 235 g/mol. The van der Waals surface area contributed by atoms with E-state index in [1.807, 2.05) is 11.8 Å². The van der Waals surface area contributed by atoms with Crippen LogP contribution in [0.25, 0.3) is 0 Å². The average Bonchev–Trinajstić information content (AvgIpc) is 1.99. The summed E-state index contributed by atoms with van der Waals surface area (Å²) in [5.41, 5.74) is 0. The molecular weight excluding hydrogens is 218 g/mol. The van der Waals surface area contributed by atoms with Gasteiger partial charge in [-0.15, -0.1) is 0 Å². The fourth-order valence-corrected chi connectivity index (χ4v) is 4.45. The van der Waals surface area contributed by atoms with Gasteiger partial charge in [-0.25, -0.2) is 8.42 Å². The van der Waals surface area contributed by atoms with Gasteiger partial charge in [-0.05, 0) is 25.3 Å². The van der Waals surface area contributed by atoms with Gasteiger partial charge in [-0.3, -0.25) is 0 Å². The van der Waals surface area contributed by atoms with Gasteiger partial charge in [-0.2, -0.15) is 11.8 Å². The molecule has 0 aromatic heterocycles. The highest BCUT2D eigenvalue weighted by molar-refractivity contribution is 8.00. The Labute approximate surface area is 89.9 Å². The van der Waals surface area contributed by atoms with Crippen molar-refractivity contribution in [2.45, 2.75) is 18.9 Å². The van der Waals surface area contributed by atoms with Gasteiger partial charge in [-0.1, -0.05) is 0 Å². The summed E-state index contributed by atoms with van der Waals surface area (Å²) in [6.07, 6.45) is 1.93. The van der Waals surface area contributed by atoms with Crippen LogP contribution in [0.1, 0.15) is 12.8 Å². The van der Waals surface area contributed by atoms with Crippen molar-refractivity contribution in [1.82, 2.24) is 5.32 Å². The largest absolute Gasteiger partial charge is 0.312 e. The molecule has 2 aliphatic rings. The number of rotatable bonds is 3. The van der Waals surface area contributed by atoms with Gasteiger partial charge < -0.3 is 5.32 Å². The molecule has 0 aliphatic carbocycles. The first-order valence-electron chi connectivity index (χ1n) is 5.17. The van der Waals surface area contributed by atoms with E-state index in [0.717, 1.165) is 19.4 Å². The molecule has 82 valence electrons. The van der Waals surface area contributed by atoms with E-state index >= 15 is 0 Å². The van der Waals surface area contributed by atoms with Crippen LogP contribution in [-0.4, -0.2) is 44.0 Å². The van der Waals surface area contributed by atoms with Gasteiger partial charge >= 0.3 is 0 Å². The molecule has 5 heteroatoms. The summed E-state index contributed by atoms with van der Waals surface area (Å²) in [6, 6.07) is 0.643. The van der Waals surface area contributed by atoms with E-state index < -0.39 is 9.84 Å². The minimum absolute atomic E-state index is 0.361. The number of hydrogen-bond acceptors (Lipinski definition) is 4. The monoisotopic (exact) mass is 235 g/mol. The maximum atomic E-state index is 11.4. The second kappa shape index (κ2) is 4.41. The van der Waals surface area contributed by atoms with Crippen molar-refractivity contribution in [3.8, 4) is 0 Å². The summed E-state index contributed by atoms with van der Waals surface area (Å²) in [5.74, 6) is 3.56. The van der Waals surface area contributed by atoms with Crippen LogP contribution in [0.15, 0.2) is 0 Å². The minimum Gasteiger partial charge on any atom is -0.312 e. The topological polar surface area (TPSA) is 46.2 Å². The van der Waals surface area contributed by atoms with Crippen molar-refractivity contribution in [2.75, 3.05) is 29.6 Å². The predicted molar refractivity (Wildman–Crippen MR) is 60.5 cm³/mol. The summed E-state index contributed by atoms with van der Waals surface area (Å²) in [4.78, 5) is 0. The van der Waals surface area contributed by atoms with E-state index in [2.05, 4.69) is 5.32 Å². The maximum Gasteiger partial charge on any atom is 0.150 e. The molecule has 3 nitrogen and oxygen atoms in total. The summed E-state index contributed by atoms with van der Waals surface area (Å²) in [7, 11) is -2.71. The SMILES string of the molecule is O=S1(=O)CCCC(CNC2CSC2)C1. The third kappa shape index (κ3) is 2.87. The highest BCUT2D eigenvalue weighted by Gasteiger charge is 2.26. The fraction of sp³-hybridized carbons (Fsp3) is 1.00. The van der Waals surface area contributed by atoms with Crippen LogP contribution < -0.4 is 5.32 Å². The van der Waals surface area contributed by atoms with Crippen molar-refractivity contribution < 1.29 is 8.42 Å².